The van der Waals surface area contributed by atoms with Crippen molar-refractivity contribution in [3.63, 3.8) is 0 Å². The van der Waals surface area contributed by atoms with Crippen LogP contribution in [0.1, 0.15) is 5.69 Å². The molecule has 0 saturated carbocycles. The zero-order valence-corrected chi connectivity index (χ0v) is 14.9. The lowest BCUT2D eigenvalue weighted by Gasteiger charge is -2.05. The molecule has 9 nitrogen and oxygen atoms in total. The number of imidazole rings is 1. The highest BCUT2D eigenvalue weighted by Gasteiger charge is 2.20. The van der Waals surface area contributed by atoms with Crippen LogP contribution < -0.4 is 9.88 Å². The summed E-state index contributed by atoms with van der Waals surface area (Å²) in [6.45, 7) is 1.61. The van der Waals surface area contributed by atoms with Crippen LogP contribution >= 0.6 is 11.3 Å². The number of nitrogens with two attached hydrogens (primary N) is 1. The number of rotatable bonds is 5. The Morgan fingerprint density at radius 1 is 1.32 bits per heavy atom. The summed E-state index contributed by atoms with van der Waals surface area (Å²) in [4.78, 5) is 15.9. The summed E-state index contributed by atoms with van der Waals surface area (Å²) < 4.78 is 33.8. The molecule has 0 aliphatic heterocycles. The van der Waals surface area contributed by atoms with Crippen molar-refractivity contribution in [2.24, 2.45) is 5.14 Å². The summed E-state index contributed by atoms with van der Waals surface area (Å²) in [7, 11) is -2.57. The Kier molecular flexibility index (Phi) is 4.45. The fourth-order valence-corrected chi connectivity index (χ4v) is 3.69. The maximum atomic E-state index is 11.4. The van der Waals surface area contributed by atoms with Gasteiger partial charge >= 0.3 is 5.97 Å². The van der Waals surface area contributed by atoms with Gasteiger partial charge in [-0.3, -0.25) is 0 Å². The molecule has 0 saturated heterocycles. The molecule has 11 heteroatoms. The molecule has 2 N–H and O–H groups in total. The molecule has 0 amide bonds. The highest BCUT2D eigenvalue weighted by atomic mass is 32.2. The fraction of sp³-hybridized carbons (Fsp3) is 0.214. The largest absolute Gasteiger partial charge is 0.482 e. The number of fused-ring (bicyclic) bond motifs is 1. The zero-order chi connectivity index (χ0) is 18.2. The molecule has 3 rings (SSSR count). The van der Waals surface area contributed by atoms with Gasteiger partial charge in [0.05, 0.1) is 18.5 Å². The molecule has 1 aromatic carbocycles. The third kappa shape index (κ3) is 3.48. The van der Waals surface area contributed by atoms with Gasteiger partial charge in [0.1, 0.15) is 5.75 Å². The van der Waals surface area contributed by atoms with E-state index in [1.165, 1.54) is 11.6 Å². The molecule has 2 aromatic heterocycles. The summed E-state index contributed by atoms with van der Waals surface area (Å²) in [5.41, 5.74) is 2.15. The number of methoxy groups -OCH3 is 1. The van der Waals surface area contributed by atoms with Crippen LogP contribution in [0.15, 0.2) is 28.6 Å². The van der Waals surface area contributed by atoms with E-state index in [0.29, 0.717) is 22.1 Å². The molecule has 0 fully saturated rings. The second kappa shape index (κ2) is 6.43. The molecular weight excluding hydrogens is 368 g/mol. The van der Waals surface area contributed by atoms with Gasteiger partial charge in [-0.2, -0.15) is 0 Å². The molecule has 0 unspecified atom stereocenters. The number of primary sulfonamides is 1. The van der Waals surface area contributed by atoms with Gasteiger partial charge in [0.25, 0.3) is 10.0 Å². The Morgan fingerprint density at radius 2 is 2.00 bits per heavy atom. The average Bonchev–Trinajstić information content (AvgIpc) is 3.13. The maximum Gasteiger partial charge on any atom is 0.343 e. The SMILES string of the molecule is COC(=O)COc1ccc(-c2nc3sc(S(N)(=O)=O)nn3c2C)cc1. The number of hydrogen-bond donors (Lipinski definition) is 1. The minimum Gasteiger partial charge on any atom is -0.482 e. The number of hydrogen-bond acceptors (Lipinski definition) is 8. The van der Waals surface area contributed by atoms with Crippen molar-refractivity contribution < 1.29 is 22.7 Å². The van der Waals surface area contributed by atoms with E-state index < -0.39 is 16.0 Å². The molecule has 132 valence electrons. The van der Waals surface area contributed by atoms with E-state index in [1.807, 2.05) is 0 Å². The maximum absolute atomic E-state index is 11.4. The predicted molar refractivity (Wildman–Crippen MR) is 89.9 cm³/mol. The number of esters is 1. The van der Waals surface area contributed by atoms with E-state index in [0.717, 1.165) is 16.9 Å². The van der Waals surface area contributed by atoms with Crippen molar-refractivity contribution in [2.45, 2.75) is 11.3 Å². The molecule has 0 bridgehead atoms. The average molecular weight is 382 g/mol. The summed E-state index contributed by atoms with van der Waals surface area (Å²) in [5, 5.41) is 9.08. The van der Waals surface area contributed by atoms with Crippen LogP contribution in [0.25, 0.3) is 16.2 Å². The third-order valence-electron chi connectivity index (χ3n) is 3.36. The monoisotopic (exact) mass is 382 g/mol. The van der Waals surface area contributed by atoms with E-state index >= 15 is 0 Å². The van der Waals surface area contributed by atoms with E-state index in [-0.39, 0.29) is 10.9 Å². The van der Waals surface area contributed by atoms with Crippen LogP contribution in [-0.2, 0) is 19.6 Å². The Morgan fingerprint density at radius 3 is 2.56 bits per heavy atom. The summed E-state index contributed by atoms with van der Waals surface area (Å²) in [6.07, 6.45) is 0. The number of aryl methyl sites for hydroxylation is 1. The van der Waals surface area contributed by atoms with Crippen LogP contribution in [0.2, 0.25) is 0 Å². The first kappa shape index (κ1) is 17.3. The third-order valence-corrected chi connectivity index (χ3v) is 5.58. The second-order valence-corrected chi connectivity index (χ2v) is 7.73. The lowest BCUT2D eigenvalue weighted by atomic mass is 10.1. The molecule has 2 heterocycles. The molecular formula is C14H14N4O5S2. The van der Waals surface area contributed by atoms with Gasteiger partial charge in [-0.05, 0) is 31.2 Å². The number of carbonyl (C=O) groups excluding carboxylic acids is 1. The fourth-order valence-electron chi connectivity index (χ4n) is 2.13. The van der Waals surface area contributed by atoms with E-state index in [1.54, 1.807) is 31.2 Å². The van der Waals surface area contributed by atoms with Crippen LogP contribution in [0, 0.1) is 6.92 Å². The van der Waals surface area contributed by atoms with Gasteiger partial charge in [-0.25, -0.2) is 27.9 Å². The smallest absolute Gasteiger partial charge is 0.343 e. The van der Waals surface area contributed by atoms with Crippen LogP contribution in [-0.4, -0.2) is 42.7 Å². The standard InChI is InChI=1S/C14H14N4O5S2/c1-8-12(16-13-18(8)17-14(24-13)25(15,20)21)9-3-5-10(6-4-9)23-7-11(19)22-2/h3-6H,7H2,1-2H3,(H2,15,20,21). The van der Waals surface area contributed by atoms with Crippen molar-refractivity contribution in [3.05, 3.63) is 30.0 Å². The van der Waals surface area contributed by atoms with Crippen molar-refractivity contribution in [1.29, 1.82) is 0 Å². The zero-order valence-electron chi connectivity index (χ0n) is 13.3. The van der Waals surface area contributed by atoms with E-state index in [4.69, 9.17) is 9.88 Å². The first-order valence-corrected chi connectivity index (χ1v) is 9.35. The Balaban J connectivity index is 1.88. The van der Waals surface area contributed by atoms with Crippen molar-refractivity contribution in [1.82, 2.24) is 14.6 Å². The number of carbonyl (C=O) groups is 1. The summed E-state index contributed by atoms with van der Waals surface area (Å²) >= 11 is 0.903. The molecule has 3 aromatic rings. The lowest BCUT2D eigenvalue weighted by molar-refractivity contribution is -0.142. The highest BCUT2D eigenvalue weighted by Crippen LogP contribution is 2.28. The van der Waals surface area contributed by atoms with Gasteiger partial charge in [0.2, 0.25) is 9.30 Å². The molecule has 0 radical (unpaired) electrons. The molecule has 0 spiro atoms. The minimum absolute atomic E-state index is 0.171. The Hall–Kier alpha value is -2.50. The molecule has 25 heavy (non-hydrogen) atoms. The Bertz CT molecular complexity index is 1040. The normalized spacial score (nSPS) is 11.6. The van der Waals surface area contributed by atoms with Gasteiger partial charge < -0.3 is 9.47 Å². The summed E-state index contributed by atoms with van der Waals surface area (Å²) in [5.74, 6) is 0.0495. The van der Waals surface area contributed by atoms with Crippen LogP contribution in [0.4, 0.5) is 0 Å². The quantitative estimate of drug-likeness (QED) is 0.651. The van der Waals surface area contributed by atoms with Gasteiger partial charge in [-0.15, -0.1) is 5.10 Å². The molecule has 0 aliphatic carbocycles. The topological polar surface area (TPSA) is 126 Å². The second-order valence-electron chi connectivity index (χ2n) is 5.04. The van der Waals surface area contributed by atoms with Crippen molar-refractivity contribution in [2.75, 3.05) is 13.7 Å². The number of sulfonamides is 1. The Labute approximate surface area is 147 Å². The number of aromatic nitrogens is 3. The number of ether oxygens (including phenoxy) is 2. The molecule has 0 atom stereocenters. The van der Waals surface area contributed by atoms with Gasteiger partial charge in [0.15, 0.2) is 6.61 Å². The predicted octanol–water partition coefficient (Wildman–Crippen LogP) is 0.965. The number of nitrogens with zero attached hydrogens (tertiary/aromatic N) is 3. The van der Waals surface area contributed by atoms with Crippen molar-refractivity contribution in [3.8, 4) is 17.0 Å². The van der Waals surface area contributed by atoms with Crippen LogP contribution in [0.3, 0.4) is 0 Å². The van der Waals surface area contributed by atoms with E-state index in [9.17, 15) is 13.2 Å². The van der Waals surface area contributed by atoms with Gasteiger partial charge in [-0.1, -0.05) is 11.3 Å². The first-order valence-electron chi connectivity index (χ1n) is 6.98. The highest BCUT2D eigenvalue weighted by molar-refractivity contribution is 7.91. The van der Waals surface area contributed by atoms with E-state index in [2.05, 4.69) is 14.8 Å². The molecule has 0 aliphatic rings. The van der Waals surface area contributed by atoms with Crippen LogP contribution in [0.5, 0.6) is 5.75 Å². The van der Waals surface area contributed by atoms with Gasteiger partial charge in [0, 0.05) is 5.56 Å². The van der Waals surface area contributed by atoms with Crippen molar-refractivity contribution >= 4 is 32.3 Å². The first-order chi connectivity index (χ1) is 11.8. The summed E-state index contributed by atoms with van der Waals surface area (Å²) in [6, 6.07) is 6.97. The minimum atomic E-state index is -3.86. The number of benzene rings is 1. The lowest BCUT2D eigenvalue weighted by Crippen LogP contribution is -2.12.